The molecule has 0 amide bonds. The quantitative estimate of drug-likeness (QED) is 0.647. The first kappa shape index (κ1) is 14.4. The molecule has 1 aliphatic carbocycles. The molecule has 1 aliphatic rings. The zero-order valence-corrected chi connectivity index (χ0v) is 14.3. The van der Waals surface area contributed by atoms with Crippen LogP contribution in [0, 0.1) is 11.8 Å². The molecule has 2 atom stereocenters. The molecular weight excluding hydrogens is 336 g/mol. The molecule has 1 aromatic heterocycles. The van der Waals surface area contributed by atoms with Gasteiger partial charge in [-0.05, 0) is 49.3 Å². The molecular formula is C16H20BrClN2. The number of hydrogen-bond donors (Lipinski definition) is 0. The van der Waals surface area contributed by atoms with E-state index in [1.807, 2.05) is 6.07 Å². The second-order valence-electron chi connectivity index (χ2n) is 6.24. The van der Waals surface area contributed by atoms with Gasteiger partial charge in [0.1, 0.15) is 5.82 Å². The summed E-state index contributed by atoms with van der Waals surface area (Å²) in [5.41, 5.74) is 2.26. The van der Waals surface area contributed by atoms with Crippen LogP contribution in [-0.2, 0) is 5.88 Å². The second kappa shape index (κ2) is 5.69. The van der Waals surface area contributed by atoms with Gasteiger partial charge in [-0.25, -0.2) is 4.98 Å². The lowest BCUT2D eigenvalue weighted by Gasteiger charge is -2.33. The van der Waals surface area contributed by atoms with E-state index in [1.54, 1.807) is 0 Å². The van der Waals surface area contributed by atoms with Crippen molar-refractivity contribution in [2.75, 3.05) is 0 Å². The second-order valence-corrected chi connectivity index (χ2v) is 7.42. The van der Waals surface area contributed by atoms with Gasteiger partial charge in [0.25, 0.3) is 0 Å². The van der Waals surface area contributed by atoms with Crippen LogP contribution in [0.25, 0.3) is 11.0 Å². The molecule has 108 valence electrons. The van der Waals surface area contributed by atoms with Crippen molar-refractivity contribution in [1.82, 2.24) is 9.55 Å². The van der Waals surface area contributed by atoms with Gasteiger partial charge in [-0.15, -0.1) is 11.6 Å². The zero-order valence-electron chi connectivity index (χ0n) is 11.9. The summed E-state index contributed by atoms with van der Waals surface area (Å²) in [5.74, 6) is 3.03. The smallest absolute Gasteiger partial charge is 0.125 e. The Kier molecular flexibility index (Phi) is 4.09. The average Bonchev–Trinajstić information content (AvgIpc) is 2.75. The number of fused-ring (bicyclic) bond motifs is 1. The van der Waals surface area contributed by atoms with E-state index in [9.17, 15) is 0 Å². The molecule has 0 aliphatic heterocycles. The summed E-state index contributed by atoms with van der Waals surface area (Å²) in [6, 6.07) is 6.81. The summed E-state index contributed by atoms with van der Waals surface area (Å²) < 4.78 is 3.49. The molecule has 0 radical (unpaired) electrons. The summed E-state index contributed by atoms with van der Waals surface area (Å²) in [5, 5.41) is 0. The highest BCUT2D eigenvalue weighted by Gasteiger charge is 2.27. The molecule has 2 aromatic rings. The van der Waals surface area contributed by atoms with Crippen LogP contribution >= 0.6 is 27.5 Å². The van der Waals surface area contributed by atoms with Crippen molar-refractivity contribution in [3.8, 4) is 0 Å². The van der Waals surface area contributed by atoms with Gasteiger partial charge in [0.15, 0.2) is 0 Å². The molecule has 1 saturated carbocycles. The normalized spacial score (nSPS) is 27.1. The predicted molar refractivity (Wildman–Crippen MR) is 88.2 cm³/mol. The molecule has 1 heterocycles. The summed E-state index contributed by atoms with van der Waals surface area (Å²) in [4.78, 5) is 4.71. The van der Waals surface area contributed by atoms with Crippen molar-refractivity contribution in [3.05, 3.63) is 28.5 Å². The molecule has 1 fully saturated rings. The lowest BCUT2D eigenvalue weighted by molar-refractivity contribution is 0.222. The Hall–Kier alpha value is -0.540. The van der Waals surface area contributed by atoms with Gasteiger partial charge in [0.2, 0.25) is 0 Å². The molecule has 0 N–H and O–H groups in total. The molecule has 0 bridgehead atoms. The van der Waals surface area contributed by atoms with E-state index in [4.69, 9.17) is 16.6 Å². The highest BCUT2D eigenvalue weighted by molar-refractivity contribution is 9.10. The van der Waals surface area contributed by atoms with E-state index >= 15 is 0 Å². The van der Waals surface area contributed by atoms with E-state index in [0.717, 1.165) is 27.6 Å². The number of nitrogens with zero attached hydrogens (tertiary/aromatic N) is 2. The zero-order chi connectivity index (χ0) is 14.3. The molecule has 2 unspecified atom stereocenters. The van der Waals surface area contributed by atoms with Crippen LogP contribution in [0.4, 0.5) is 0 Å². The molecule has 2 nitrogen and oxygen atoms in total. The molecule has 1 aromatic carbocycles. The number of halogens is 2. The lowest BCUT2D eigenvalue weighted by atomic mass is 9.80. The maximum Gasteiger partial charge on any atom is 0.125 e. The van der Waals surface area contributed by atoms with E-state index in [0.29, 0.717) is 11.9 Å². The van der Waals surface area contributed by atoms with Crippen molar-refractivity contribution < 1.29 is 0 Å². The Bertz CT molecular complexity index is 612. The molecule has 3 rings (SSSR count). The van der Waals surface area contributed by atoms with Crippen LogP contribution in [0.15, 0.2) is 22.7 Å². The maximum atomic E-state index is 6.14. The summed E-state index contributed by atoms with van der Waals surface area (Å²) in [7, 11) is 0. The van der Waals surface area contributed by atoms with Gasteiger partial charge < -0.3 is 4.57 Å². The van der Waals surface area contributed by atoms with Gasteiger partial charge in [-0.2, -0.15) is 0 Å². The average molecular weight is 356 g/mol. The van der Waals surface area contributed by atoms with Gasteiger partial charge in [-0.1, -0.05) is 29.8 Å². The van der Waals surface area contributed by atoms with Gasteiger partial charge in [0, 0.05) is 10.5 Å². The topological polar surface area (TPSA) is 17.8 Å². The first-order valence-electron chi connectivity index (χ1n) is 7.30. The van der Waals surface area contributed by atoms with Crippen LogP contribution in [-0.4, -0.2) is 9.55 Å². The third kappa shape index (κ3) is 2.62. The van der Waals surface area contributed by atoms with E-state index in [1.165, 1.54) is 24.8 Å². The van der Waals surface area contributed by atoms with Gasteiger partial charge in [0.05, 0.1) is 16.9 Å². The fourth-order valence-corrected chi connectivity index (χ4v) is 4.27. The third-order valence-corrected chi connectivity index (χ3v) is 5.10. The van der Waals surface area contributed by atoms with Gasteiger partial charge >= 0.3 is 0 Å². The summed E-state index contributed by atoms with van der Waals surface area (Å²) in [6.45, 7) is 4.72. The van der Waals surface area contributed by atoms with Crippen LogP contribution in [0.1, 0.15) is 45.0 Å². The van der Waals surface area contributed by atoms with Crippen LogP contribution in [0.5, 0.6) is 0 Å². The van der Waals surface area contributed by atoms with E-state index in [2.05, 4.69) is 46.5 Å². The fraction of sp³-hybridized carbons (Fsp3) is 0.562. The van der Waals surface area contributed by atoms with E-state index < -0.39 is 0 Å². The molecule has 0 spiro atoms. The summed E-state index contributed by atoms with van der Waals surface area (Å²) >= 11 is 9.71. The Morgan fingerprint density at radius 1 is 1.25 bits per heavy atom. The standard InChI is InChI=1S/C16H20BrClN2/c1-10-5-11(2)7-13(6-10)20-15-8-12(17)3-4-14(15)19-16(20)9-18/h3-4,8,10-11,13H,5-7,9H2,1-2H3. The predicted octanol–water partition coefficient (Wildman–Crippen LogP) is 5.53. The SMILES string of the molecule is CC1CC(C)CC(n2c(CCl)nc3ccc(Br)cc32)C1. The van der Waals surface area contributed by atoms with Crippen molar-refractivity contribution >= 4 is 38.6 Å². The van der Waals surface area contributed by atoms with Crippen LogP contribution < -0.4 is 0 Å². The maximum absolute atomic E-state index is 6.14. The number of rotatable bonds is 2. The minimum atomic E-state index is 0.478. The molecule has 20 heavy (non-hydrogen) atoms. The number of alkyl halides is 1. The number of imidazole rings is 1. The first-order valence-corrected chi connectivity index (χ1v) is 8.63. The highest BCUT2D eigenvalue weighted by atomic mass is 79.9. The number of benzene rings is 1. The number of aromatic nitrogens is 2. The highest BCUT2D eigenvalue weighted by Crippen LogP contribution is 2.38. The van der Waals surface area contributed by atoms with Crippen LogP contribution in [0.3, 0.4) is 0 Å². The first-order chi connectivity index (χ1) is 9.58. The third-order valence-electron chi connectivity index (χ3n) is 4.36. The van der Waals surface area contributed by atoms with Crippen molar-refractivity contribution in [3.63, 3.8) is 0 Å². The Morgan fingerprint density at radius 3 is 2.60 bits per heavy atom. The van der Waals surface area contributed by atoms with Crippen LogP contribution in [0.2, 0.25) is 0 Å². The molecule has 0 saturated heterocycles. The van der Waals surface area contributed by atoms with E-state index in [-0.39, 0.29) is 0 Å². The largest absolute Gasteiger partial charge is 0.324 e. The van der Waals surface area contributed by atoms with Crippen molar-refractivity contribution in [2.24, 2.45) is 11.8 Å². The van der Waals surface area contributed by atoms with Gasteiger partial charge in [-0.3, -0.25) is 0 Å². The monoisotopic (exact) mass is 354 g/mol. The Labute approximate surface area is 133 Å². The summed E-state index contributed by atoms with van der Waals surface area (Å²) in [6.07, 6.45) is 3.79. The minimum absolute atomic E-state index is 0.478. The Morgan fingerprint density at radius 2 is 1.95 bits per heavy atom. The molecule has 4 heteroatoms. The minimum Gasteiger partial charge on any atom is -0.324 e. The fourth-order valence-electron chi connectivity index (χ4n) is 3.73. The number of hydrogen-bond acceptors (Lipinski definition) is 1. The van der Waals surface area contributed by atoms with Crippen molar-refractivity contribution in [1.29, 1.82) is 0 Å². The Balaban J connectivity index is 2.10. The van der Waals surface area contributed by atoms with Crippen molar-refractivity contribution in [2.45, 2.75) is 45.0 Å². The lowest BCUT2D eigenvalue weighted by Crippen LogP contribution is -2.23.